The van der Waals surface area contributed by atoms with E-state index in [-0.39, 0.29) is 35.1 Å². The highest BCUT2D eigenvalue weighted by Gasteiger charge is 2.39. The quantitative estimate of drug-likeness (QED) is 0.510. The van der Waals surface area contributed by atoms with E-state index in [4.69, 9.17) is 0 Å². The summed E-state index contributed by atoms with van der Waals surface area (Å²) in [6.07, 6.45) is -0.218. The minimum Gasteiger partial charge on any atom is -0.295 e. The minimum absolute atomic E-state index is 0.0676. The van der Waals surface area contributed by atoms with Crippen molar-refractivity contribution in [3.8, 4) is 0 Å². The smallest absolute Gasteiger partial charge is 0.266 e. The Morgan fingerprint density at radius 1 is 1.17 bits per heavy atom. The molecule has 3 heterocycles. The molecule has 1 aliphatic carbocycles. The molecule has 2 aliphatic rings. The predicted octanol–water partition coefficient (Wildman–Crippen LogP) is 4.56. The Morgan fingerprint density at radius 3 is 2.63 bits per heavy atom. The number of fused-ring (bicyclic) bond motifs is 2. The molecule has 184 valence electrons. The van der Waals surface area contributed by atoms with Crippen LogP contribution in [0.1, 0.15) is 60.4 Å². The maximum atomic E-state index is 14.7. The summed E-state index contributed by atoms with van der Waals surface area (Å²) in [5.41, 5.74) is 1.80. The molecule has 0 N–H and O–H groups in total. The van der Waals surface area contributed by atoms with Crippen LogP contribution < -0.4 is 5.56 Å². The highest BCUT2D eigenvalue weighted by atomic mass is 32.2. The van der Waals surface area contributed by atoms with Crippen molar-refractivity contribution in [1.29, 1.82) is 0 Å². The minimum atomic E-state index is -3.17. The average Bonchev–Trinajstić information content (AvgIpc) is 3.29. The van der Waals surface area contributed by atoms with Crippen molar-refractivity contribution in [1.82, 2.24) is 14.5 Å². The van der Waals surface area contributed by atoms with Gasteiger partial charge < -0.3 is 0 Å². The summed E-state index contributed by atoms with van der Waals surface area (Å²) in [5.74, 6) is -1.46. The summed E-state index contributed by atoms with van der Waals surface area (Å²) in [5, 5.41) is 1.99. The number of hydrogen-bond acceptors (Lipinski definition) is 5. The van der Waals surface area contributed by atoms with Crippen molar-refractivity contribution < 1.29 is 21.6 Å². The summed E-state index contributed by atoms with van der Waals surface area (Å²) >= 11 is 0. The van der Waals surface area contributed by atoms with E-state index in [9.17, 15) is 26.4 Å². The van der Waals surface area contributed by atoms with Gasteiger partial charge in [0, 0.05) is 23.4 Å². The van der Waals surface area contributed by atoms with E-state index in [0.29, 0.717) is 35.1 Å². The first-order valence-electron chi connectivity index (χ1n) is 11.4. The molecule has 0 radical (unpaired) electrons. The molecule has 35 heavy (non-hydrogen) atoms. The number of alkyl halides is 2. The number of sulfone groups is 1. The van der Waals surface area contributed by atoms with Gasteiger partial charge in [-0.1, -0.05) is 30.7 Å². The fourth-order valence-electron chi connectivity index (χ4n) is 5.46. The Hall–Kier alpha value is -3.01. The second-order valence-electron chi connectivity index (χ2n) is 9.53. The Morgan fingerprint density at radius 2 is 1.91 bits per heavy atom. The van der Waals surface area contributed by atoms with Gasteiger partial charge in [-0.25, -0.2) is 31.6 Å². The zero-order chi connectivity index (χ0) is 25.1. The number of aryl methyl sites for hydroxylation is 1. The van der Waals surface area contributed by atoms with Crippen LogP contribution in [0.15, 0.2) is 46.4 Å². The van der Waals surface area contributed by atoms with E-state index < -0.39 is 33.6 Å². The monoisotopic (exact) mass is 503 g/mol. The van der Waals surface area contributed by atoms with Crippen LogP contribution in [0.25, 0.3) is 11.0 Å². The molecule has 0 bridgehead atoms. The predicted molar refractivity (Wildman–Crippen MR) is 126 cm³/mol. The molecule has 6 nitrogen and oxygen atoms in total. The third kappa shape index (κ3) is 4.17. The summed E-state index contributed by atoms with van der Waals surface area (Å²) in [7, 11) is -1.54. The molecule has 1 aromatic carbocycles. The number of halogens is 3. The van der Waals surface area contributed by atoms with Gasteiger partial charge in [-0.2, -0.15) is 0 Å². The zero-order valence-corrected chi connectivity index (χ0v) is 20.0. The maximum absolute atomic E-state index is 14.7. The lowest BCUT2D eigenvalue weighted by Gasteiger charge is -2.17. The van der Waals surface area contributed by atoms with Gasteiger partial charge in [0.2, 0.25) is 0 Å². The fourth-order valence-corrected chi connectivity index (χ4v) is 7.22. The van der Waals surface area contributed by atoms with Gasteiger partial charge in [0.25, 0.3) is 12.0 Å². The second kappa shape index (κ2) is 8.58. The van der Waals surface area contributed by atoms with Crippen LogP contribution in [0.2, 0.25) is 0 Å². The van der Waals surface area contributed by atoms with E-state index >= 15 is 0 Å². The van der Waals surface area contributed by atoms with Gasteiger partial charge in [0.15, 0.2) is 9.84 Å². The van der Waals surface area contributed by atoms with Crippen LogP contribution in [0.4, 0.5) is 13.2 Å². The van der Waals surface area contributed by atoms with Crippen LogP contribution in [-0.4, -0.2) is 28.7 Å². The molecule has 1 fully saturated rings. The van der Waals surface area contributed by atoms with Crippen molar-refractivity contribution in [2.75, 3.05) is 5.75 Å². The Kier molecular flexibility index (Phi) is 5.82. The molecule has 3 aromatic rings. The molecule has 5 rings (SSSR count). The van der Waals surface area contributed by atoms with Gasteiger partial charge >= 0.3 is 0 Å². The largest absolute Gasteiger partial charge is 0.295 e. The van der Waals surface area contributed by atoms with Gasteiger partial charge in [0.05, 0.1) is 17.0 Å². The van der Waals surface area contributed by atoms with Crippen LogP contribution in [-0.2, 0) is 23.3 Å². The molecule has 0 amide bonds. The number of allylic oxidation sites excluding steroid dienone is 1. The number of nitrogens with zero attached hydrogens (tertiary/aromatic N) is 3. The first-order chi connectivity index (χ1) is 16.6. The van der Waals surface area contributed by atoms with Crippen molar-refractivity contribution in [3.05, 3.63) is 80.1 Å². The molecule has 0 unspecified atom stereocenters. The molecule has 0 spiro atoms. The van der Waals surface area contributed by atoms with E-state index in [1.165, 1.54) is 28.4 Å². The van der Waals surface area contributed by atoms with E-state index in [0.717, 1.165) is 11.6 Å². The zero-order valence-electron chi connectivity index (χ0n) is 19.2. The van der Waals surface area contributed by atoms with Gasteiger partial charge in [-0.15, -0.1) is 0 Å². The molecule has 10 heteroatoms. The summed E-state index contributed by atoms with van der Waals surface area (Å²) in [6, 6.07) is 5.76. The molecule has 3 atom stereocenters. The summed E-state index contributed by atoms with van der Waals surface area (Å²) in [6.45, 7) is 1.75. The molecule has 1 aliphatic heterocycles. The topological polar surface area (TPSA) is 81.9 Å². The first-order valence-corrected chi connectivity index (χ1v) is 13.1. The van der Waals surface area contributed by atoms with Crippen LogP contribution in [0, 0.1) is 11.7 Å². The lowest BCUT2D eigenvalue weighted by Crippen LogP contribution is -2.24. The number of rotatable bonds is 5. The molecule has 2 aromatic heterocycles. The average molecular weight is 504 g/mol. The Balaban J connectivity index is 1.53. The fraction of sp³-hybridized carbons (Fsp3) is 0.400. The van der Waals surface area contributed by atoms with Crippen LogP contribution in [0.3, 0.4) is 0 Å². The van der Waals surface area contributed by atoms with Crippen LogP contribution in [0.5, 0.6) is 0 Å². The first kappa shape index (κ1) is 23.7. The van der Waals surface area contributed by atoms with Crippen molar-refractivity contribution in [2.24, 2.45) is 13.0 Å². The van der Waals surface area contributed by atoms with Crippen LogP contribution >= 0.6 is 0 Å². The highest BCUT2D eigenvalue weighted by Crippen LogP contribution is 2.45. The van der Waals surface area contributed by atoms with E-state index in [1.54, 1.807) is 20.0 Å². The molecule has 1 saturated carbocycles. The number of hydrogen-bond donors (Lipinski definition) is 0. The lowest BCUT2D eigenvalue weighted by molar-refractivity contribution is 0.146. The highest BCUT2D eigenvalue weighted by molar-refractivity contribution is 7.94. The molecular weight excluding hydrogens is 479 g/mol. The SMILES string of the molecule is C[C@@H](Cc1ncnc2c1cc([C@H]1CC3=CS(=O)(=O)C[C@H]3C1)c(=O)n2C)c1cccc(C(F)F)c1F. The third-order valence-corrected chi connectivity index (χ3v) is 8.75. The van der Waals surface area contributed by atoms with E-state index in [2.05, 4.69) is 9.97 Å². The second-order valence-corrected chi connectivity index (χ2v) is 11.4. The number of benzene rings is 1. The lowest BCUT2D eigenvalue weighted by atomic mass is 9.92. The van der Waals surface area contributed by atoms with Gasteiger partial charge in [-0.05, 0) is 48.6 Å². The third-order valence-electron chi connectivity index (χ3n) is 7.22. The van der Waals surface area contributed by atoms with Crippen molar-refractivity contribution >= 4 is 20.9 Å². The molecular formula is C25H24F3N3O3S. The number of pyridine rings is 1. The summed E-state index contributed by atoms with van der Waals surface area (Å²) in [4.78, 5) is 21.8. The summed E-state index contributed by atoms with van der Waals surface area (Å²) < 4.78 is 66.4. The van der Waals surface area contributed by atoms with E-state index in [1.807, 2.05) is 0 Å². The maximum Gasteiger partial charge on any atom is 0.266 e. The molecule has 0 saturated heterocycles. The Labute approximate surface area is 200 Å². The standard InChI is InChI=1S/C25H24F3N3O3S/c1-13(17-4-3-5-18(22(17)26)23(27)28)6-21-20-9-19(25(32)31(2)24(20)30-12-29-21)14-7-15-10-35(33,34)11-16(15)8-14/h3-5,9-10,12-14,16,23H,6-8,11H2,1-2H3/t13-,14-,16+/m0/s1. The van der Waals surface area contributed by atoms with Crippen molar-refractivity contribution in [2.45, 2.75) is 44.4 Å². The van der Waals surface area contributed by atoms with Gasteiger partial charge in [-0.3, -0.25) is 9.36 Å². The Bertz CT molecular complexity index is 1530. The van der Waals surface area contributed by atoms with Crippen molar-refractivity contribution in [3.63, 3.8) is 0 Å². The van der Waals surface area contributed by atoms with Gasteiger partial charge in [0.1, 0.15) is 17.8 Å². The normalized spacial score (nSPS) is 21.9. The number of aromatic nitrogens is 3.